The number of H-pyrrole nitrogens is 1. The molecule has 6 heteroatoms. The van der Waals surface area contributed by atoms with Gasteiger partial charge in [0.25, 0.3) is 0 Å². The standard InChI is InChI=1S/C20H16N4O2/c1-25-13-6-7-14-15-9-10-21-16(20(15)22-18(14)11-13)8-5-12-3-2-4-17-19(12)24-26-23-17/h2-8,11,22H,9-10H2,1H3/b8-5+. The molecule has 0 fully saturated rings. The van der Waals surface area contributed by atoms with E-state index in [4.69, 9.17) is 14.4 Å². The SMILES string of the molecule is COc1ccc2c3c([nH]c2c1)C(/C=C/c1cccc2nonc12)=NCC3. The van der Waals surface area contributed by atoms with E-state index in [2.05, 4.69) is 21.4 Å². The van der Waals surface area contributed by atoms with E-state index in [0.717, 1.165) is 52.2 Å². The van der Waals surface area contributed by atoms with Crippen LogP contribution >= 0.6 is 0 Å². The predicted molar refractivity (Wildman–Crippen MR) is 101 cm³/mol. The third-order valence-electron chi connectivity index (χ3n) is 4.75. The maximum Gasteiger partial charge on any atom is 0.142 e. The Balaban J connectivity index is 1.57. The van der Waals surface area contributed by atoms with E-state index in [0.29, 0.717) is 0 Å². The molecule has 3 heterocycles. The van der Waals surface area contributed by atoms with Gasteiger partial charge in [0.1, 0.15) is 16.8 Å². The lowest BCUT2D eigenvalue weighted by atomic mass is 10.0. The predicted octanol–water partition coefficient (Wildman–Crippen LogP) is 3.77. The minimum absolute atomic E-state index is 0.746. The second-order valence-corrected chi connectivity index (χ2v) is 6.22. The third kappa shape index (κ3) is 2.30. The summed E-state index contributed by atoms with van der Waals surface area (Å²) in [5, 5.41) is 9.09. The summed E-state index contributed by atoms with van der Waals surface area (Å²) in [6.45, 7) is 0.779. The van der Waals surface area contributed by atoms with Crippen LogP contribution in [0.15, 0.2) is 52.1 Å². The van der Waals surface area contributed by atoms with Gasteiger partial charge in [-0.3, -0.25) is 4.99 Å². The van der Waals surface area contributed by atoms with Crippen LogP contribution in [0.2, 0.25) is 0 Å². The maximum absolute atomic E-state index is 5.33. The molecule has 2 aromatic carbocycles. The number of ether oxygens (including phenoxy) is 1. The quantitative estimate of drug-likeness (QED) is 0.614. The van der Waals surface area contributed by atoms with Crippen molar-refractivity contribution in [1.82, 2.24) is 15.3 Å². The van der Waals surface area contributed by atoms with Crippen molar-refractivity contribution in [2.75, 3.05) is 13.7 Å². The van der Waals surface area contributed by atoms with E-state index in [-0.39, 0.29) is 0 Å². The highest BCUT2D eigenvalue weighted by Crippen LogP contribution is 2.29. The zero-order chi connectivity index (χ0) is 17.5. The van der Waals surface area contributed by atoms with E-state index >= 15 is 0 Å². The number of aliphatic imine (C=N–C) groups is 1. The highest BCUT2D eigenvalue weighted by molar-refractivity contribution is 6.14. The lowest BCUT2D eigenvalue weighted by Crippen LogP contribution is -2.09. The number of rotatable bonds is 3. The van der Waals surface area contributed by atoms with Gasteiger partial charge in [-0.15, -0.1) is 0 Å². The fourth-order valence-corrected chi connectivity index (χ4v) is 3.47. The first-order valence-corrected chi connectivity index (χ1v) is 8.46. The lowest BCUT2D eigenvalue weighted by molar-refractivity contribution is 0.315. The summed E-state index contributed by atoms with van der Waals surface area (Å²) in [4.78, 5) is 8.20. The Labute approximate surface area is 149 Å². The van der Waals surface area contributed by atoms with Gasteiger partial charge in [-0.05, 0) is 46.6 Å². The number of nitrogens with one attached hydrogen (secondary N) is 1. The number of aromatic nitrogens is 3. The van der Waals surface area contributed by atoms with E-state index < -0.39 is 0 Å². The van der Waals surface area contributed by atoms with Crippen LogP contribution in [0, 0.1) is 0 Å². The minimum Gasteiger partial charge on any atom is -0.497 e. The first kappa shape index (κ1) is 14.9. The number of aromatic amines is 1. The summed E-state index contributed by atoms with van der Waals surface area (Å²) in [5.41, 5.74) is 6.84. The van der Waals surface area contributed by atoms with Crippen molar-refractivity contribution in [2.24, 2.45) is 4.99 Å². The van der Waals surface area contributed by atoms with Crippen molar-refractivity contribution in [3.8, 4) is 5.75 Å². The van der Waals surface area contributed by atoms with E-state index in [1.807, 2.05) is 42.5 Å². The highest BCUT2D eigenvalue weighted by Gasteiger charge is 2.18. The number of fused-ring (bicyclic) bond motifs is 4. The molecular formula is C20H16N4O2. The van der Waals surface area contributed by atoms with Crippen molar-refractivity contribution >= 4 is 33.7 Å². The van der Waals surface area contributed by atoms with Gasteiger partial charge < -0.3 is 9.72 Å². The normalized spacial score (nSPS) is 14.1. The van der Waals surface area contributed by atoms with Crippen LogP contribution in [0.25, 0.3) is 28.0 Å². The fraction of sp³-hybridized carbons (Fsp3) is 0.150. The van der Waals surface area contributed by atoms with Crippen LogP contribution in [-0.4, -0.2) is 34.7 Å². The molecule has 1 aliphatic heterocycles. The molecule has 6 nitrogen and oxygen atoms in total. The minimum atomic E-state index is 0.746. The van der Waals surface area contributed by atoms with Gasteiger partial charge in [0.15, 0.2) is 0 Å². The average Bonchev–Trinajstić information content (AvgIpc) is 3.30. The first-order chi connectivity index (χ1) is 12.8. The number of nitrogens with zero attached hydrogens (tertiary/aromatic N) is 3. The second kappa shape index (κ2) is 5.84. The Morgan fingerprint density at radius 1 is 1.15 bits per heavy atom. The second-order valence-electron chi connectivity index (χ2n) is 6.22. The monoisotopic (exact) mass is 344 g/mol. The number of methoxy groups -OCH3 is 1. The Morgan fingerprint density at radius 2 is 2.12 bits per heavy atom. The molecule has 0 atom stereocenters. The third-order valence-corrected chi connectivity index (χ3v) is 4.75. The summed E-state index contributed by atoms with van der Waals surface area (Å²) in [5.74, 6) is 0.843. The van der Waals surface area contributed by atoms with Gasteiger partial charge in [-0.25, -0.2) is 4.63 Å². The Bertz CT molecular complexity index is 1180. The van der Waals surface area contributed by atoms with Crippen LogP contribution < -0.4 is 4.74 Å². The van der Waals surface area contributed by atoms with Crippen LogP contribution in [0.5, 0.6) is 5.75 Å². The molecule has 0 aliphatic carbocycles. The summed E-state index contributed by atoms with van der Waals surface area (Å²) < 4.78 is 10.2. The van der Waals surface area contributed by atoms with Crippen LogP contribution in [-0.2, 0) is 6.42 Å². The fourth-order valence-electron chi connectivity index (χ4n) is 3.47. The molecule has 0 saturated carbocycles. The van der Waals surface area contributed by atoms with Gasteiger partial charge in [-0.2, -0.15) is 0 Å². The van der Waals surface area contributed by atoms with Crippen LogP contribution in [0.4, 0.5) is 0 Å². The molecule has 0 bridgehead atoms. The average molecular weight is 344 g/mol. The summed E-state index contributed by atoms with van der Waals surface area (Å²) >= 11 is 0. The number of hydrogen-bond acceptors (Lipinski definition) is 5. The molecule has 128 valence electrons. The molecule has 1 N–H and O–H groups in total. The molecular weight excluding hydrogens is 328 g/mol. The Hall–Kier alpha value is -3.41. The van der Waals surface area contributed by atoms with Gasteiger partial charge in [0.2, 0.25) is 0 Å². The lowest BCUT2D eigenvalue weighted by Gasteiger charge is -2.10. The smallest absolute Gasteiger partial charge is 0.142 e. The molecule has 2 aromatic heterocycles. The van der Waals surface area contributed by atoms with E-state index in [1.165, 1.54) is 10.9 Å². The molecule has 4 aromatic rings. The van der Waals surface area contributed by atoms with Crippen molar-refractivity contribution in [2.45, 2.75) is 6.42 Å². The van der Waals surface area contributed by atoms with Gasteiger partial charge in [0, 0.05) is 29.1 Å². The largest absolute Gasteiger partial charge is 0.497 e. The molecule has 0 saturated heterocycles. The van der Waals surface area contributed by atoms with Crippen LogP contribution in [0.3, 0.4) is 0 Å². The van der Waals surface area contributed by atoms with Gasteiger partial charge in [-0.1, -0.05) is 18.2 Å². The molecule has 0 spiro atoms. The van der Waals surface area contributed by atoms with Gasteiger partial charge in [0.05, 0.1) is 18.5 Å². The summed E-state index contributed by atoms with van der Waals surface area (Å²) in [7, 11) is 1.68. The Kier molecular flexibility index (Phi) is 3.35. The highest BCUT2D eigenvalue weighted by atomic mass is 16.6. The summed E-state index contributed by atoms with van der Waals surface area (Å²) in [6.07, 6.45) is 4.96. The maximum atomic E-state index is 5.33. The number of allylic oxidation sites excluding steroid dienone is 1. The van der Waals surface area contributed by atoms with Crippen molar-refractivity contribution in [3.05, 3.63) is 59.3 Å². The van der Waals surface area contributed by atoms with Gasteiger partial charge >= 0.3 is 0 Å². The van der Waals surface area contributed by atoms with Crippen molar-refractivity contribution in [1.29, 1.82) is 0 Å². The zero-order valence-electron chi connectivity index (χ0n) is 14.2. The summed E-state index contributed by atoms with van der Waals surface area (Å²) in [6, 6.07) is 11.9. The molecule has 5 rings (SSSR count). The van der Waals surface area contributed by atoms with E-state index in [1.54, 1.807) is 7.11 Å². The van der Waals surface area contributed by atoms with Crippen LogP contribution in [0.1, 0.15) is 16.8 Å². The molecule has 0 amide bonds. The number of benzene rings is 2. The van der Waals surface area contributed by atoms with Crippen molar-refractivity contribution in [3.63, 3.8) is 0 Å². The molecule has 0 unspecified atom stereocenters. The number of hydrogen-bond donors (Lipinski definition) is 1. The molecule has 0 radical (unpaired) electrons. The molecule has 26 heavy (non-hydrogen) atoms. The molecule has 1 aliphatic rings. The zero-order valence-corrected chi connectivity index (χ0v) is 14.2. The first-order valence-electron chi connectivity index (χ1n) is 8.46. The Morgan fingerprint density at radius 3 is 3.04 bits per heavy atom. The van der Waals surface area contributed by atoms with Crippen molar-refractivity contribution < 1.29 is 9.37 Å². The van der Waals surface area contributed by atoms with E-state index in [9.17, 15) is 0 Å². The topological polar surface area (TPSA) is 76.3 Å².